The van der Waals surface area contributed by atoms with Crippen LogP contribution < -0.4 is 5.32 Å². The summed E-state index contributed by atoms with van der Waals surface area (Å²) >= 11 is 3.47. The molecule has 5 nitrogen and oxygen atoms in total. The molecule has 3 rings (SSSR count). The highest BCUT2D eigenvalue weighted by molar-refractivity contribution is 9.10. The van der Waals surface area contributed by atoms with E-state index in [1.807, 2.05) is 6.07 Å². The smallest absolute Gasteiger partial charge is 0.274 e. The van der Waals surface area contributed by atoms with Crippen molar-refractivity contribution in [3.8, 4) is 0 Å². The molecular formula is C15H14BrN3O2. The Balaban J connectivity index is 1.93. The average Bonchev–Trinajstić information content (AvgIpc) is 2.85. The predicted molar refractivity (Wildman–Crippen MR) is 84.5 cm³/mol. The Bertz CT molecular complexity index is 718. The summed E-state index contributed by atoms with van der Waals surface area (Å²) in [5.41, 5.74) is 3.78. The van der Waals surface area contributed by atoms with E-state index in [4.69, 9.17) is 0 Å². The largest absolute Gasteiger partial charge is 0.376 e. The van der Waals surface area contributed by atoms with Crippen molar-refractivity contribution in [1.29, 1.82) is 0 Å². The Morgan fingerprint density at radius 1 is 1.48 bits per heavy atom. The minimum absolute atomic E-state index is 0.0970. The summed E-state index contributed by atoms with van der Waals surface area (Å²) in [4.78, 5) is 15.1. The molecule has 21 heavy (non-hydrogen) atoms. The van der Waals surface area contributed by atoms with E-state index in [2.05, 4.69) is 32.3 Å². The minimum Gasteiger partial charge on any atom is -0.376 e. The van der Waals surface area contributed by atoms with Gasteiger partial charge in [-0.2, -0.15) is 0 Å². The Labute approximate surface area is 130 Å². The van der Waals surface area contributed by atoms with Crippen molar-refractivity contribution in [2.75, 3.05) is 5.32 Å². The molecule has 1 N–H and O–H groups in total. The molecule has 108 valence electrons. The van der Waals surface area contributed by atoms with Gasteiger partial charge in [0.2, 0.25) is 0 Å². The third kappa shape index (κ3) is 2.63. The summed E-state index contributed by atoms with van der Waals surface area (Å²) < 4.78 is 0.829. The second-order valence-corrected chi connectivity index (χ2v) is 6.01. The molecule has 1 heterocycles. The van der Waals surface area contributed by atoms with Crippen molar-refractivity contribution in [2.24, 2.45) is 0 Å². The maximum Gasteiger partial charge on any atom is 0.274 e. The van der Waals surface area contributed by atoms with E-state index in [0.29, 0.717) is 5.56 Å². The van der Waals surface area contributed by atoms with E-state index in [1.165, 1.54) is 5.56 Å². The molecule has 0 aliphatic heterocycles. The number of aryl methyl sites for hydroxylation is 2. The molecule has 1 aromatic heterocycles. The highest BCUT2D eigenvalue weighted by Gasteiger charge is 2.25. The van der Waals surface area contributed by atoms with Crippen molar-refractivity contribution >= 4 is 27.3 Å². The lowest BCUT2D eigenvalue weighted by atomic mass is 10.1. The van der Waals surface area contributed by atoms with Crippen LogP contribution in [0, 0.1) is 17.0 Å². The number of halogens is 1. The molecule has 1 aliphatic rings. The molecule has 0 fully saturated rings. The third-order valence-electron chi connectivity index (χ3n) is 3.77. The van der Waals surface area contributed by atoms with Crippen molar-refractivity contribution in [2.45, 2.75) is 25.8 Å². The van der Waals surface area contributed by atoms with Crippen LogP contribution in [-0.4, -0.2) is 9.91 Å². The minimum atomic E-state index is -0.353. The first-order valence-electron chi connectivity index (χ1n) is 6.71. The normalized spacial score (nSPS) is 16.6. The predicted octanol–water partition coefficient (Wildman–Crippen LogP) is 4.16. The SMILES string of the molecule is Cc1cc(Br)c(NC2CCc3cccnc32)cc1[N+](=O)[O-]. The van der Waals surface area contributed by atoms with Gasteiger partial charge in [-0.1, -0.05) is 6.07 Å². The maximum absolute atomic E-state index is 11.1. The number of rotatable bonds is 3. The van der Waals surface area contributed by atoms with Crippen molar-refractivity contribution in [1.82, 2.24) is 4.98 Å². The number of nitro groups is 1. The first-order chi connectivity index (χ1) is 10.1. The van der Waals surface area contributed by atoms with Crippen molar-refractivity contribution in [3.05, 3.63) is 61.9 Å². The fourth-order valence-electron chi connectivity index (χ4n) is 2.71. The monoisotopic (exact) mass is 347 g/mol. The summed E-state index contributed by atoms with van der Waals surface area (Å²) in [5.74, 6) is 0. The van der Waals surface area contributed by atoms with Crippen LogP contribution in [0.4, 0.5) is 11.4 Å². The zero-order valence-electron chi connectivity index (χ0n) is 11.5. The van der Waals surface area contributed by atoms with Crippen molar-refractivity contribution in [3.63, 3.8) is 0 Å². The van der Waals surface area contributed by atoms with Crippen LogP contribution >= 0.6 is 15.9 Å². The first kappa shape index (κ1) is 14.0. The Kier molecular flexibility index (Phi) is 3.63. The summed E-state index contributed by atoms with van der Waals surface area (Å²) in [5, 5.41) is 14.4. The molecular weight excluding hydrogens is 334 g/mol. The first-order valence-corrected chi connectivity index (χ1v) is 7.50. The van der Waals surface area contributed by atoms with Gasteiger partial charge in [-0.3, -0.25) is 15.1 Å². The Hall–Kier alpha value is -1.95. The van der Waals surface area contributed by atoms with Crippen molar-refractivity contribution < 1.29 is 4.92 Å². The average molecular weight is 348 g/mol. The van der Waals surface area contributed by atoms with Gasteiger partial charge in [0, 0.05) is 22.3 Å². The van der Waals surface area contributed by atoms with Gasteiger partial charge in [0.05, 0.1) is 22.3 Å². The number of nitro benzene ring substituents is 1. The number of hydrogen-bond donors (Lipinski definition) is 1. The van der Waals surface area contributed by atoms with E-state index in [1.54, 1.807) is 25.3 Å². The summed E-state index contributed by atoms with van der Waals surface area (Å²) in [6.45, 7) is 1.74. The number of benzene rings is 1. The van der Waals surface area contributed by atoms with Crippen LogP contribution in [-0.2, 0) is 6.42 Å². The van der Waals surface area contributed by atoms with Gasteiger partial charge in [0.15, 0.2) is 0 Å². The third-order valence-corrected chi connectivity index (χ3v) is 4.43. The van der Waals surface area contributed by atoms with Gasteiger partial charge in [-0.25, -0.2) is 0 Å². The van der Waals surface area contributed by atoms with Crippen LogP contribution in [0.15, 0.2) is 34.9 Å². The lowest BCUT2D eigenvalue weighted by molar-refractivity contribution is -0.385. The lowest BCUT2D eigenvalue weighted by Crippen LogP contribution is -2.09. The summed E-state index contributed by atoms with van der Waals surface area (Å²) in [6.07, 6.45) is 3.71. The summed E-state index contributed by atoms with van der Waals surface area (Å²) in [6, 6.07) is 7.47. The number of anilines is 1. The highest BCUT2D eigenvalue weighted by atomic mass is 79.9. The van der Waals surface area contributed by atoms with Crippen LogP contribution in [0.1, 0.15) is 29.3 Å². The molecule has 1 unspecified atom stereocenters. The van der Waals surface area contributed by atoms with Crippen LogP contribution in [0.5, 0.6) is 0 Å². The molecule has 1 aromatic carbocycles. The van der Waals surface area contributed by atoms with Gasteiger partial charge in [0.1, 0.15) is 0 Å². The van der Waals surface area contributed by atoms with Gasteiger partial charge < -0.3 is 5.32 Å². The number of hydrogen-bond acceptors (Lipinski definition) is 4. The van der Waals surface area contributed by atoms with Gasteiger partial charge in [-0.15, -0.1) is 0 Å². The molecule has 1 aliphatic carbocycles. The van der Waals surface area contributed by atoms with Crippen LogP contribution in [0.2, 0.25) is 0 Å². The molecule has 0 saturated heterocycles. The van der Waals surface area contributed by atoms with E-state index >= 15 is 0 Å². The Morgan fingerprint density at radius 2 is 2.29 bits per heavy atom. The molecule has 0 saturated carbocycles. The fourth-order valence-corrected chi connectivity index (χ4v) is 3.28. The summed E-state index contributed by atoms with van der Waals surface area (Å²) in [7, 11) is 0. The number of nitrogens with one attached hydrogen (secondary N) is 1. The number of pyridine rings is 1. The molecule has 0 radical (unpaired) electrons. The second kappa shape index (κ2) is 5.44. The molecule has 6 heteroatoms. The van der Waals surface area contributed by atoms with Gasteiger partial charge >= 0.3 is 0 Å². The van der Waals surface area contributed by atoms with E-state index < -0.39 is 0 Å². The number of aromatic nitrogens is 1. The Morgan fingerprint density at radius 3 is 3.05 bits per heavy atom. The fraction of sp³-hybridized carbons (Fsp3) is 0.267. The number of fused-ring (bicyclic) bond motifs is 1. The zero-order valence-corrected chi connectivity index (χ0v) is 13.1. The standard InChI is InChI=1S/C15H14BrN3O2/c1-9-7-11(16)13(8-14(9)19(20)21)18-12-5-4-10-3-2-6-17-15(10)12/h2-3,6-8,12,18H,4-5H2,1H3. The highest BCUT2D eigenvalue weighted by Crippen LogP contribution is 2.36. The van der Waals surface area contributed by atoms with Crippen LogP contribution in [0.25, 0.3) is 0 Å². The maximum atomic E-state index is 11.1. The quantitative estimate of drug-likeness (QED) is 0.668. The zero-order chi connectivity index (χ0) is 15.0. The second-order valence-electron chi connectivity index (χ2n) is 5.16. The van der Waals surface area contributed by atoms with E-state index in [0.717, 1.165) is 28.7 Å². The van der Waals surface area contributed by atoms with E-state index in [-0.39, 0.29) is 16.7 Å². The van der Waals surface area contributed by atoms with Gasteiger partial charge in [-0.05, 0) is 53.4 Å². The molecule has 0 spiro atoms. The lowest BCUT2D eigenvalue weighted by Gasteiger charge is -2.16. The number of nitrogens with zero attached hydrogens (tertiary/aromatic N) is 2. The molecule has 0 amide bonds. The molecule has 2 aromatic rings. The topological polar surface area (TPSA) is 68.1 Å². The van der Waals surface area contributed by atoms with E-state index in [9.17, 15) is 10.1 Å². The molecule has 0 bridgehead atoms. The molecule has 1 atom stereocenters. The van der Waals surface area contributed by atoms with Crippen LogP contribution in [0.3, 0.4) is 0 Å². The van der Waals surface area contributed by atoms with Gasteiger partial charge in [0.25, 0.3) is 5.69 Å².